The van der Waals surface area contributed by atoms with Crippen LogP contribution in [0.2, 0.25) is 0 Å². The number of rotatable bonds is 9. The number of aromatic nitrogens is 1. The molecule has 3 N–H and O–H groups in total. The molecule has 1 aliphatic rings. The number of anilines is 1. The molecule has 0 aliphatic heterocycles. The van der Waals surface area contributed by atoms with Crippen molar-refractivity contribution in [2.75, 3.05) is 24.5 Å². The van der Waals surface area contributed by atoms with E-state index in [1.807, 2.05) is 53.6 Å². The van der Waals surface area contributed by atoms with E-state index in [2.05, 4.69) is 27.0 Å². The number of H-pyrrole nitrogens is 1. The lowest BCUT2D eigenvalue weighted by atomic mass is 9.93. The molecule has 0 unspecified atom stereocenters. The van der Waals surface area contributed by atoms with Gasteiger partial charge in [0.2, 0.25) is 11.8 Å². The average molecular weight is 525 g/mol. The second kappa shape index (κ2) is 11.7. The van der Waals surface area contributed by atoms with E-state index in [0.29, 0.717) is 13.0 Å². The largest absolute Gasteiger partial charge is 0.361 e. The molecule has 4 rings (SSSR count). The zero-order valence-electron chi connectivity index (χ0n) is 19.5. The van der Waals surface area contributed by atoms with Crippen LogP contribution in [-0.2, 0) is 16.0 Å². The van der Waals surface area contributed by atoms with Crippen molar-refractivity contribution in [3.8, 4) is 0 Å². The lowest BCUT2D eigenvalue weighted by Crippen LogP contribution is -2.48. The van der Waals surface area contributed by atoms with Crippen molar-refractivity contribution in [2.24, 2.45) is 5.73 Å². The summed E-state index contributed by atoms with van der Waals surface area (Å²) in [4.78, 5) is 33.6. The van der Waals surface area contributed by atoms with Crippen LogP contribution < -0.4 is 10.6 Å². The molecule has 0 atom stereocenters. The van der Waals surface area contributed by atoms with Crippen LogP contribution in [0.5, 0.6) is 0 Å². The Bertz CT molecular complexity index is 1120. The van der Waals surface area contributed by atoms with E-state index in [1.54, 1.807) is 4.90 Å². The molecule has 180 valence electrons. The van der Waals surface area contributed by atoms with Gasteiger partial charge in [-0.3, -0.25) is 9.59 Å². The fourth-order valence-electron chi connectivity index (χ4n) is 4.93. The summed E-state index contributed by atoms with van der Waals surface area (Å²) in [7, 11) is 0. The first-order valence-electron chi connectivity index (χ1n) is 12.2. The second-order valence-corrected chi connectivity index (χ2v) is 9.91. The Balaban J connectivity index is 1.54. The first-order valence-corrected chi connectivity index (χ1v) is 13.0. The summed E-state index contributed by atoms with van der Waals surface area (Å²) in [6, 6.07) is 16.2. The molecule has 0 saturated heterocycles. The molecule has 1 saturated carbocycles. The summed E-state index contributed by atoms with van der Waals surface area (Å²) in [5.74, 6) is -0.108. The number of hydrogen-bond donors (Lipinski definition) is 2. The van der Waals surface area contributed by atoms with Crippen LogP contribution in [-0.4, -0.2) is 47.4 Å². The van der Waals surface area contributed by atoms with Gasteiger partial charge in [-0.25, -0.2) is 0 Å². The number of amides is 2. The highest BCUT2D eigenvalue weighted by Gasteiger charge is 2.29. The number of nitrogens with two attached hydrogens (primary N) is 1. The monoisotopic (exact) mass is 524 g/mol. The Hall–Kier alpha value is -2.64. The lowest BCUT2D eigenvalue weighted by Gasteiger charge is -2.36. The summed E-state index contributed by atoms with van der Waals surface area (Å²) in [5, 5.41) is 1.15. The highest BCUT2D eigenvalue weighted by molar-refractivity contribution is 9.10. The Morgan fingerprint density at radius 1 is 1.03 bits per heavy atom. The minimum absolute atomic E-state index is 0.0331. The number of hydrogen-bond acceptors (Lipinski definition) is 3. The third-order valence-corrected chi connectivity index (χ3v) is 7.15. The number of fused-ring (bicyclic) bond motifs is 1. The first kappa shape index (κ1) is 24.5. The number of para-hydroxylation sites is 1. The Kier molecular flexibility index (Phi) is 8.40. The number of benzene rings is 2. The van der Waals surface area contributed by atoms with Gasteiger partial charge in [0.15, 0.2) is 0 Å². The summed E-state index contributed by atoms with van der Waals surface area (Å²) in [6.45, 7) is 0.808. The van der Waals surface area contributed by atoms with Gasteiger partial charge in [0.05, 0.1) is 0 Å². The van der Waals surface area contributed by atoms with Crippen LogP contribution in [0.25, 0.3) is 10.9 Å². The van der Waals surface area contributed by atoms with E-state index < -0.39 is 0 Å². The second-order valence-electron chi connectivity index (χ2n) is 9.00. The standard InChI is InChI=1S/C27H33BrN4O2/c28-21-7-6-10-23(17-21)32(22-8-2-1-3-9-22)27(34)19-31(26(33)13-15-29)16-14-20-18-30-25-12-5-4-11-24(20)25/h4-7,10-12,17-18,22,30H,1-3,8-9,13-16,19,29H2. The minimum atomic E-state index is -0.0754. The number of carbonyl (C=O) groups is 2. The summed E-state index contributed by atoms with van der Waals surface area (Å²) in [5.41, 5.74) is 8.80. The molecule has 0 radical (unpaired) electrons. The summed E-state index contributed by atoms with van der Waals surface area (Å²) >= 11 is 3.55. The van der Waals surface area contributed by atoms with Gasteiger partial charge in [0.1, 0.15) is 6.54 Å². The van der Waals surface area contributed by atoms with Gasteiger partial charge in [-0.15, -0.1) is 0 Å². The third kappa shape index (κ3) is 5.88. The van der Waals surface area contributed by atoms with Gasteiger partial charge in [0.25, 0.3) is 0 Å². The number of halogens is 1. The molecule has 0 spiro atoms. The van der Waals surface area contributed by atoms with Crippen LogP contribution in [0.1, 0.15) is 44.1 Å². The molecule has 34 heavy (non-hydrogen) atoms. The Morgan fingerprint density at radius 3 is 2.59 bits per heavy atom. The normalized spacial score (nSPS) is 14.3. The third-order valence-electron chi connectivity index (χ3n) is 6.66. The molecular weight excluding hydrogens is 492 g/mol. The highest BCUT2D eigenvalue weighted by atomic mass is 79.9. The van der Waals surface area contributed by atoms with Gasteiger partial charge in [-0.1, -0.05) is 59.5 Å². The predicted octanol–water partition coefficient (Wildman–Crippen LogP) is 5.02. The number of aromatic amines is 1. The van der Waals surface area contributed by atoms with Crippen molar-refractivity contribution in [3.63, 3.8) is 0 Å². The van der Waals surface area contributed by atoms with Crippen LogP contribution in [0, 0.1) is 0 Å². The summed E-state index contributed by atoms with van der Waals surface area (Å²) < 4.78 is 0.939. The number of nitrogens with one attached hydrogen (secondary N) is 1. The van der Waals surface area contributed by atoms with Crippen molar-refractivity contribution in [1.82, 2.24) is 9.88 Å². The van der Waals surface area contributed by atoms with Crippen LogP contribution in [0.15, 0.2) is 59.2 Å². The zero-order chi connectivity index (χ0) is 23.9. The maximum absolute atomic E-state index is 13.7. The fourth-order valence-corrected chi connectivity index (χ4v) is 5.32. The Labute approximate surface area is 209 Å². The molecule has 1 fully saturated rings. The van der Waals surface area contributed by atoms with Gasteiger partial charge in [-0.2, -0.15) is 0 Å². The van der Waals surface area contributed by atoms with E-state index in [9.17, 15) is 9.59 Å². The van der Waals surface area contributed by atoms with Crippen molar-refractivity contribution < 1.29 is 9.59 Å². The van der Waals surface area contributed by atoms with Gasteiger partial charge >= 0.3 is 0 Å². The highest BCUT2D eigenvalue weighted by Crippen LogP contribution is 2.29. The fraction of sp³-hybridized carbons (Fsp3) is 0.407. The lowest BCUT2D eigenvalue weighted by molar-refractivity contribution is -0.135. The summed E-state index contributed by atoms with van der Waals surface area (Å²) in [6.07, 6.45) is 8.35. The first-order chi connectivity index (χ1) is 16.6. The molecule has 6 nitrogen and oxygen atoms in total. The molecule has 1 aliphatic carbocycles. The number of carbonyl (C=O) groups excluding carboxylic acids is 2. The van der Waals surface area contributed by atoms with Crippen LogP contribution in [0.3, 0.4) is 0 Å². The van der Waals surface area contributed by atoms with Crippen LogP contribution in [0.4, 0.5) is 5.69 Å². The molecule has 0 bridgehead atoms. The van der Waals surface area contributed by atoms with Crippen molar-refractivity contribution in [2.45, 2.75) is 51.0 Å². The smallest absolute Gasteiger partial charge is 0.246 e. The topological polar surface area (TPSA) is 82.4 Å². The maximum atomic E-state index is 13.7. The zero-order valence-corrected chi connectivity index (χ0v) is 21.1. The molecule has 2 amide bonds. The van der Waals surface area contributed by atoms with Gasteiger partial charge in [-0.05, 0) is 49.1 Å². The van der Waals surface area contributed by atoms with E-state index in [-0.39, 0.29) is 37.4 Å². The Morgan fingerprint density at radius 2 is 1.82 bits per heavy atom. The quantitative estimate of drug-likeness (QED) is 0.412. The van der Waals surface area contributed by atoms with E-state index in [4.69, 9.17) is 5.73 Å². The van der Waals surface area contributed by atoms with Crippen molar-refractivity contribution in [3.05, 3.63) is 64.8 Å². The maximum Gasteiger partial charge on any atom is 0.246 e. The van der Waals surface area contributed by atoms with E-state index in [0.717, 1.165) is 52.3 Å². The minimum Gasteiger partial charge on any atom is -0.361 e. The van der Waals surface area contributed by atoms with E-state index in [1.165, 1.54) is 6.42 Å². The number of nitrogens with zero attached hydrogens (tertiary/aromatic N) is 2. The molecule has 1 aromatic heterocycles. The average Bonchev–Trinajstić information content (AvgIpc) is 3.26. The van der Waals surface area contributed by atoms with Crippen LogP contribution >= 0.6 is 15.9 Å². The van der Waals surface area contributed by atoms with E-state index >= 15 is 0 Å². The molecule has 1 heterocycles. The molecule has 2 aromatic carbocycles. The molecule has 7 heteroatoms. The molecule has 3 aromatic rings. The predicted molar refractivity (Wildman–Crippen MR) is 141 cm³/mol. The molecular formula is C27H33BrN4O2. The van der Waals surface area contributed by atoms with Crippen molar-refractivity contribution in [1.29, 1.82) is 0 Å². The van der Waals surface area contributed by atoms with Gasteiger partial charge in [0, 0.05) is 52.8 Å². The van der Waals surface area contributed by atoms with Gasteiger partial charge < -0.3 is 20.5 Å². The SMILES string of the molecule is NCCC(=O)N(CCc1c[nH]c2ccccc12)CC(=O)N(c1cccc(Br)c1)C1CCCCC1. The van der Waals surface area contributed by atoms with Crippen molar-refractivity contribution >= 4 is 44.3 Å².